The Morgan fingerprint density at radius 1 is 0.289 bits per heavy atom. The molecule has 0 aliphatic heterocycles. The molecule has 0 saturated heterocycles. The van der Waals surface area contributed by atoms with E-state index in [-0.39, 0.29) is 58.3 Å². The molecule has 14 rings (SSSR count). The Bertz CT molecular complexity index is 4310. The summed E-state index contributed by atoms with van der Waals surface area (Å²) in [6.45, 7) is 13.3. The zero-order chi connectivity index (χ0) is 79.2. The van der Waals surface area contributed by atoms with Crippen LogP contribution in [0.3, 0.4) is 0 Å². The van der Waals surface area contributed by atoms with Crippen LogP contribution in [0.2, 0.25) is 0 Å². The number of para-hydroxylation sites is 4. The van der Waals surface area contributed by atoms with Crippen molar-refractivity contribution in [3.8, 4) is 23.0 Å². The molecule has 2 fully saturated rings. The topological polar surface area (TPSA) is 341 Å². The van der Waals surface area contributed by atoms with Crippen molar-refractivity contribution >= 4 is 68.5 Å². The monoisotopic (exact) mass is 1680 g/mol. The predicted octanol–water partition coefficient (Wildman–Crippen LogP) is 10.1. The predicted molar refractivity (Wildman–Crippen MR) is 417 cm³/mol. The molecular weight excluding hydrogens is 1590 g/mol. The number of rotatable bonds is 24. The van der Waals surface area contributed by atoms with Crippen LogP contribution in [-0.4, -0.2) is 95.4 Å². The van der Waals surface area contributed by atoms with E-state index in [0.717, 1.165) is 189 Å². The standard InChI is InChI=1S/2C40H36N4O2.2C4H10O.2ClHO4.2Cu/c2*1-3-11-29(12-4-1)27-45-37-19-9-15-31-21-23-33(43-39(31)37)25-41-35-17-7-8-18-36(35)42-26-34-24-22-32-16-10-20-38(40(32)44-34)46-28-30-13-5-2-6-14-30;2*1-3-5-4-2;2*2-1(3,4)5;;/h2*1-6,9-16,19-26,35-36H,7-8,17-18,27-28H2;2*3-4H2,1-2H3;2*(H,2,3,4,5);;/q;;;;;;2*+1/p-2/t2*35-,36-;;;;;;/m10....../s1. The van der Waals surface area contributed by atoms with Crippen LogP contribution in [0.5, 0.6) is 23.0 Å². The number of halogens is 2. The van der Waals surface area contributed by atoms with Gasteiger partial charge in [0.25, 0.3) is 0 Å². The van der Waals surface area contributed by atoms with Gasteiger partial charge in [-0.2, -0.15) is 0 Å². The minimum atomic E-state index is -4.94. The van der Waals surface area contributed by atoms with Crippen molar-refractivity contribution in [2.24, 2.45) is 20.0 Å². The summed E-state index contributed by atoms with van der Waals surface area (Å²) in [4.78, 5) is 39.8. The number of ether oxygens (including phenoxy) is 6. The summed E-state index contributed by atoms with van der Waals surface area (Å²) in [5, 5.41) is 4.16. The van der Waals surface area contributed by atoms with Gasteiger partial charge in [-0.1, -0.05) is 220 Å². The number of nitrogens with zero attached hydrogens (tertiary/aromatic N) is 8. The first-order valence-corrected chi connectivity index (χ1v) is 39.6. The SMILES string of the molecule is C(=N[C@@H]1CCCC[C@H]1N=Cc1ccc2cccc(OCc3ccccc3)c2n1)c1ccc2cccc(OCc3ccccc3)c2n1.C(=N[C@H]1CCCC[C@@H]1N=Cc1ccc2cccc(OCc3ccccc3)c2n1)c1ccc2cccc(OCc3ccccc3)c2n1.CCOCC.CCOCC.[Cu+].[Cu+].[O-][Cl+3]([O-])([O-])[O-].[O-][Cl+3]([O-])([O-])[O-]. The number of pyridine rings is 4. The second-order valence-corrected chi connectivity index (χ2v) is 27.1. The van der Waals surface area contributed by atoms with E-state index in [1.54, 1.807) is 0 Å². The van der Waals surface area contributed by atoms with E-state index >= 15 is 0 Å². The zero-order valence-corrected chi connectivity index (χ0v) is 67.1. The van der Waals surface area contributed by atoms with E-state index in [9.17, 15) is 0 Å². The number of hydrogen-bond donors (Lipinski definition) is 0. The van der Waals surface area contributed by atoms with E-state index in [4.69, 9.17) is 106 Å². The van der Waals surface area contributed by atoms with Gasteiger partial charge in [-0.15, -0.1) is 20.5 Å². The first kappa shape index (κ1) is 91.7. The average Bonchev–Trinajstić information content (AvgIpc) is 0.828. The summed E-state index contributed by atoms with van der Waals surface area (Å²) < 4.78 is 102. The van der Waals surface area contributed by atoms with Crippen molar-refractivity contribution < 1.29 is 120 Å². The molecule has 4 heterocycles. The van der Waals surface area contributed by atoms with Gasteiger partial charge < -0.3 is 28.4 Å². The Morgan fingerprint density at radius 2 is 0.491 bits per heavy atom. The van der Waals surface area contributed by atoms with Gasteiger partial charge in [0.2, 0.25) is 0 Å². The molecule has 0 unspecified atom stereocenters. The van der Waals surface area contributed by atoms with Crippen molar-refractivity contribution in [3.63, 3.8) is 0 Å². The molecule has 0 amide bonds. The molecule has 604 valence electrons. The van der Waals surface area contributed by atoms with Gasteiger partial charge >= 0.3 is 34.1 Å². The minimum Gasteiger partial charge on any atom is -0.487 e. The molecule has 26 heteroatoms. The summed E-state index contributed by atoms with van der Waals surface area (Å²) in [5.41, 5.74) is 11.1. The Balaban J connectivity index is 0.000000251. The molecule has 4 atom stereocenters. The fourth-order valence-electron chi connectivity index (χ4n) is 12.2. The van der Waals surface area contributed by atoms with E-state index < -0.39 is 20.5 Å². The van der Waals surface area contributed by atoms with Gasteiger partial charge in [0.05, 0.1) is 46.9 Å². The van der Waals surface area contributed by atoms with Crippen LogP contribution in [-0.2, 0) is 70.0 Å². The summed E-state index contributed by atoms with van der Waals surface area (Å²) >= 11 is 0. The second kappa shape index (κ2) is 49.3. The normalized spacial score (nSPS) is 15.3. The Hall–Kier alpha value is -9.50. The fourth-order valence-corrected chi connectivity index (χ4v) is 12.2. The number of benzene rings is 8. The molecule has 0 bridgehead atoms. The maximum atomic E-state index is 8.49. The molecule has 0 radical (unpaired) electrons. The van der Waals surface area contributed by atoms with Crippen LogP contribution in [0.1, 0.15) is 124 Å². The van der Waals surface area contributed by atoms with Gasteiger partial charge in [-0.05, 0) is 124 Å². The molecule has 2 saturated carbocycles. The van der Waals surface area contributed by atoms with Crippen LogP contribution in [0.15, 0.2) is 263 Å². The molecule has 0 spiro atoms. The first-order valence-electron chi connectivity index (χ1n) is 37.2. The number of hydrogen-bond acceptors (Lipinski definition) is 22. The van der Waals surface area contributed by atoms with Crippen molar-refractivity contribution in [2.75, 3.05) is 26.4 Å². The van der Waals surface area contributed by atoms with Crippen molar-refractivity contribution in [1.82, 2.24) is 19.9 Å². The Kier molecular flexibility index (Phi) is 39.7. The van der Waals surface area contributed by atoms with Gasteiger partial charge in [-0.3, -0.25) is 20.0 Å². The van der Waals surface area contributed by atoms with Crippen LogP contribution in [0.4, 0.5) is 0 Å². The van der Waals surface area contributed by atoms with Crippen LogP contribution in [0.25, 0.3) is 43.6 Å². The van der Waals surface area contributed by atoms with E-state index in [1.807, 2.05) is 198 Å². The largest absolute Gasteiger partial charge is 1.00 e. The maximum Gasteiger partial charge on any atom is 1.00 e. The van der Waals surface area contributed by atoms with Crippen molar-refractivity contribution in [3.05, 3.63) is 288 Å². The molecule has 22 nitrogen and oxygen atoms in total. The summed E-state index contributed by atoms with van der Waals surface area (Å²) in [6.07, 6.45) is 16.2. The van der Waals surface area contributed by atoms with Crippen LogP contribution >= 0.6 is 0 Å². The van der Waals surface area contributed by atoms with Gasteiger partial charge in [0.15, 0.2) is 0 Å². The third-order valence-electron chi connectivity index (χ3n) is 17.6. The molecule has 0 N–H and O–H groups in total. The molecule has 2 aliphatic carbocycles. The van der Waals surface area contributed by atoms with E-state index in [2.05, 4.69) is 97.1 Å². The fraction of sp³-hybridized carbons (Fsp3) is 0.273. The van der Waals surface area contributed by atoms with Crippen molar-refractivity contribution in [1.29, 1.82) is 0 Å². The maximum absolute atomic E-state index is 8.49. The number of aliphatic imine (C=N–C) groups is 4. The first-order chi connectivity index (χ1) is 54.4. The van der Waals surface area contributed by atoms with E-state index in [0.29, 0.717) is 26.4 Å². The Morgan fingerprint density at radius 3 is 0.675 bits per heavy atom. The molecule has 2 aliphatic rings. The quantitative estimate of drug-likeness (QED) is 0.0401. The van der Waals surface area contributed by atoms with Crippen molar-refractivity contribution in [2.45, 2.75) is 130 Å². The number of fused-ring (bicyclic) bond motifs is 4. The third kappa shape index (κ3) is 32.4. The third-order valence-corrected chi connectivity index (χ3v) is 17.6. The summed E-state index contributed by atoms with van der Waals surface area (Å²) in [5.74, 6) is 3.09. The second-order valence-electron chi connectivity index (χ2n) is 25.6. The van der Waals surface area contributed by atoms with Crippen LogP contribution < -0.4 is 56.2 Å². The van der Waals surface area contributed by atoms with Gasteiger partial charge in [0, 0.05) is 72.8 Å². The average molecular weight is 1680 g/mol. The smallest absolute Gasteiger partial charge is 0.487 e. The summed E-state index contributed by atoms with van der Waals surface area (Å²) in [7, 11) is -9.89. The zero-order valence-electron chi connectivity index (χ0n) is 63.7. The summed E-state index contributed by atoms with van der Waals surface area (Å²) in [6, 6.07) is 81.7. The number of aromatic nitrogens is 4. The van der Waals surface area contributed by atoms with Gasteiger partial charge in [0.1, 0.15) is 71.5 Å². The van der Waals surface area contributed by atoms with E-state index in [1.165, 1.54) is 0 Å². The Labute approximate surface area is 690 Å². The van der Waals surface area contributed by atoms with Crippen LogP contribution in [0, 0.1) is 20.5 Å². The molecule has 114 heavy (non-hydrogen) atoms. The molecule has 12 aromatic rings. The molecule has 4 aromatic heterocycles. The molecular formula is C88H92Cl2Cu2N8O14. The molecule has 8 aromatic carbocycles. The minimum absolute atomic E-state index is 0. The van der Waals surface area contributed by atoms with Gasteiger partial charge in [-0.25, -0.2) is 57.2 Å².